The molecular formula is C16H25BrN2O. The lowest BCUT2D eigenvalue weighted by atomic mass is 9.85. The van der Waals surface area contributed by atoms with Crippen molar-refractivity contribution in [2.45, 2.75) is 32.7 Å². The Kier molecular flexibility index (Phi) is 5.10. The zero-order chi connectivity index (χ0) is 14.8. The fourth-order valence-electron chi connectivity index (χ4n) is 2.68. The van der Waals surface area contributed by atoms with Crippen LogP contribution < -0.4 is 10.1 Å². The zero-order valence-corrected chi connectivity index (χ0v) is 14.5. The molecule has 1 heterocycles. The summed E-state index contributed by atoms with van der Waals surface area (Å²) in [5.74, 6) is 1.04. The molecule has 1 aliphatic heterocycles. The molecule has 0 saturated carbocycles. The molecule has 1 saturated heterocycles. The molecule has 112 valence electrons. The maximum absolute atomic E-state index is 5.74. The topological polar surface area (TPSA) is 24.5 Å². The van der Waals surface area contributed by atoms with Crippen LogP contribution in [0.5, 0.6) is 5.75 Å². The highest BCUT2D eigenvalue weighted by atomic mass is 79.9. The second-order valence-electron chi connectivity index (χ2n) is 6.42. The molecule has 1 fully saturated rings. The SMILES string of the molecule is COc1c(CN2CCNCC2)cc(Br)cc1C(C)(C)C. The van der Waals surface area contributed by atoms with Crippen molar-refractivity contribution >= 4 is 15.9 Å². The smallest absolute Gasteiger partial charge is 0.127 e. The van der Waals surface area contributed by atoms with Crippen molar-refractivity contribution in [3.63, 3.8) is 0 Å². The Morgan fingerprint density at radius 2 is 1.90 bits per heavy atom. The molecule has 2 rings (SSSR count). The summed E-state index contributed by atoms with van der Waals surface area (Å²) in [6, 6.07) is 4.37. The van der Waals surface area contributed by atoms with Crippen LogP contribution in [0.1, 0.15) is 31.9 Å². The quantitative estimate of drug-likeness (QED) is 0.914. The largest absolute Gasteiger partial charge is 0.496 e. The molecule has 1 N–H and O–H groups in total. The van der Waals surface area contributed by atoms with Gasteiger partial charge in [-0.05, 0) is 17.5 Å². The number of nitrogens with zero attached hydrogens (tertiary/aromatic N) is 1. The highest BCUT2D eigenvalue weighted by Gasteiger charge is 2.23. The van der Waals surface area contributed by atoms with Crippen LogP contribution in [-0.2, 0) is 12.0 Å². The van der Waals surface area contributed by atoms with Crippen LogP contribution in [0.4, 0.5) is 0 Å². The Balaban J connectivity index is 2.33. The van der Waals surface area contributed by atoms with E-state index in [-0.39, 0.29) is 5.41 Å². The molecule has 0 spiro atoms. The van der Waals surface area contributed by atoms with Gasteiger partial charge in [0, 0.05) is 48.3 Å². The summed E-state index contributed by atoms with van der Waals surface area (Å²) < 4.78 is 6.87. The van der Waals surface area contributed by atoms with Gasteiger partial charge >= 0.3 is 0 Å². The van der Waals surface area contributed by atoms with E-state index in [4.69, 9.17) is 4.74 Å². The van der Waals surface area contributed by atoms with Crippen LogP contribution >= 0.6 is 15.9 Å². The van der Waals surface area contributed by atoms with E-state index in [0.29, 0.717) is 0 Å². The maximum atomic E-state index is 5.74. The number of hydrogen-bond acceptors (Lipinski definition) is 3. The van der Waals surface area contributed by atoms with Crippen LogP contribution in [-0.4, -0.2) is 38.2 Å². The molecule has 0 radical (unpaired) electrons. The predicted molar refractivity (Wildman–Crippen MR) is 87.5 cm³/mol. The van der Waals surface area contributed by atoms with Crippen LogP contribution in [0.25, 0.3) is 0 Å². The Bertz CT molecular complexity index is 462. The van der Waals surface area contributed by atoms with E-state index in [1.165, 1.54) is 11.1 Å². The zero-order valence-electron chi connectivity index (χ0n) is 12.9. The van der Waals surface area contributed by atoms with Crippen molar-refractivity contribution in [2.24, 2.45) is 0 Å². The second kappa shape index (κ2) is 6.46. The minimum atomic E-state index is 0.0767. The third-order valence-corrected chi connectivity index (χ3v) is 4.20. The predicted octanol–water partition coefficient (Wildman–Crippen LogP) is 3.16. The minimum Gasteiger partial charge on any atom is -0.496 e. The second-order valence-corrected chi connectivity index (χ2v) is 7.34. The molecule has 0 unspecified atom stereocenters. The van der Waals surface area contributed by atoms with E-state index in [1.807, 2.05) is 0 Å². The van der Waals surface area contributed by atoms with Crippen molar-refractivity contribution in [1.29, 1.82) is 0 Å². The van der Waals surface area contributed by atoms with Crippen molar-refractivity contribution < 1.29 is 4.74 Å². The van der Waals surface area contributed by atoms with Crippen LogP contribution in [0.15, 0.2) is 16.6 Å². The summed E-state index contributed by atoms with van der Waals surface area (Å²) in [5, 5.41) is 3.39. The fraction of sp³-hybridized carbons (Fsp3) is 0.625. The van der Waals surface area contributed by atoms with Crippen LogP contribution in [0, 0.1) is 0 Å². The van der Waals surface area contributed by atoms with Gasteiger partial charge in [0.15, 0.2) is 0 Å². The van der Waals surface area contributed by atoms with Gasteiger partial charge in [-0.1, -0.05) is 36.7 Å². The van der Waals surface area contributed by atoms with Gasteiger partial charge in [0.2, 0.25) is 0 Å². The van der Waals surface area contributed by atoms with E-state index in [0.717, 1.165) is 42.9 Å². The maximum Gasteiger partial charge on any atom is 0.127 e. The summed E-state index contributed by atoms with van der Waals surface area (Å²) in [5.41, 5.74) is 2.61. The minimum absolute atomic E-state index is 0.0767. The lowest BCUT2D eigenvalue weighted by Gasteiger charge is -2.30. The van der Waals surface area contributed by atoms with Gasteiger partial charge in [0.05, 0.1) is 7.11 Å². The van der Waals surface area contributed by atoms with E-state index < -0.39 is 0 Å². The molecule has 0 aliphatic carbocycles. The highest BCUT2D eigenvalue weighted by molar-refractivity contribution is 9.10. The average molecular weight is 341 g/mol. The van der Waals surface area contributed by atoms with Crippen molar-refractivity contribution in [2.75, 3.05) is 33.3 Å². The van der Waals surface area contributed by atoms with Gasteiger partial charge in [-0.15, -0.1) is 0 Å². The number of piperazine rings is 1. The Hall–Kier alpha value is -0.580. The molecule has 1 aliphatic rings. The van der Waals surface area contributed by atoms with E-state index in [1.54, 1.807) is 7.11 Å². The first kappa shape index (κ1) is 15.8. The van der Waals surface area contributed by atoms with Crippen LogP contribution in [0.2, 0.25) is 0 Å². The van der Waals surface area contributed by atoms with E-state index in [9.17, 15) is 0 Å². The molecular weight excluding hydrogens is 316 g/mol. The molecule has 20 heavy (non-hydrogen) atoms. The molecule has 0 aromatic heterocycles. The number of methoxy groups -OCH3 is 1. The molecule has 0 bridgehead atoms. The molecule has 3 nitrogen and oxygen atoms in total. The molecule has 0 amide bonds. The standard InChI is InChI=1S/C16H25BrN2O/c1-16(2,3)14-10-13(17)9-12(15(14)20-4)11-19-7-5-18-6-8-19/h9-10,18H,5-8,11H2,1-4H3. The van der Waals surface area contributed by atoms with Crippen molar-refractivity contribution in [3.8, 4) is 5.75 Å². The molecule has 1 aromatic rings. The van der Waals surface area contributed by atoms with Gasteiger partial charge in [0.1, 0.15) is 5.75 Å². The lowest BCUT2D eigenvalue weighted by Crippen LogP contribution is -2.43. The summed E-state index contributed by atoms with van der Waals surface area (Å²) in [6.45, 7) is 12.0. The van der Waals surface area contributed by atoms with Crippen molar-refractivity contribution in [1.82, 2.24) is 10.2 Å². The summed E-state index contributed by atoms with van der Waals surface area (Å²) in [7, 11) is 1.78. The average Bonchev–Trinajstić information content (AvgIpc) is 2.38. The molecule has 0 atom stereocenters. The summed E-state index contributed by atoms with van der Waals surface area (Å²) in [6.07, 6.45) is 0. The van der Waals surface area contributed by atoms with Crippen LogP contribution in [0.3, 0.4) is 0 Å². The number of benzene rings is 1. The lowest BCUT2D eigenvalue weighted by molar-refractivity contribution is 0.229. The molecule has 4 heteroatoms. The number of ether oxygens (including phenoxy) is 1. The first-order valence-electron chi connectivity index (χ1n) is 7.22. The third-order valence-electron chi connectivity index (χ3n) is 3.75. The Morgan fingerprint density at radius 3 is 2.45 bits per heavy atom. The number of halogens is 1. The Labute approximate surface area is 130 Å². The molecule has 1 aromatic carbocycles. The number of hydrogen-bond donors (Lipinski definition) is 1. The Morgan fingerprint density at radius 1 is 1.25 bits per heavy atom. The van der Waals surface area contributed by atoms with Gasteiger partial charge in [-0.25, -0.2) is 0 Å². The normalized spacial score (nSPS) is 17.2. The van der Waals surface area contributed by atoms with Gasteiger partial charge in [-0.2, -0.15) is 0 Å². The summed E-state index contributed by atoms with van der Waals surface area (Å²) in [4.78, 5) is 2.48. The first-order valence-corrected chi connectivity index (χ1v) is 8.01. The van der Waals surface area contributed by atoms with E-state index in [2.05, 4.69) is 59.1 Å². The third kappa shape index (κ3) is 3.74. The fourth-order valence-corrected chi connectivity index (χ4v) is 3.18. The monoisotopic (exact) mass is 340 g/mol. The summed E-state index contributed by atoms with van der Waals surface area (Å²) >= 11 is 3.65. The van der Waals surface area contributed by atoms with Crippen molar-refractivity contribution in [3.05, 3.63) is 27.7 Å². The van der Waals surface area contributed by atoms with Gasteiger partial charge in [-0.3, -0.25) is 4.90 Å². The van der Waals surface area contributed by atoms with Gasteiger partial charge < -0.3 is 10.1 Å². The number of rotatable bonds is 3. The highest BCUT2D eigenvalue weighted by Crippen LogP contribution is 2.37. The first-order chi connectivity index (χ1) is 9.41. The number of nitrogens with one attached hydrogen (secondary N) is 1. The van der Waals surface area contributed by atoms with Gasteiger partial charge in [0.25, 0.3) is 0 Å². The van der Waals surface area contributed by atoms with E-state index >= 15 is 0 Å².